The molecule has 0 unspecified atom stereocenters. The molecule has 0 bridgehead atoms. The highest BCUT2D eigenvalue weighted by atomic mass is 16.3. The van der Waals surface area contributed by atoms with Gasteiger partial charge in [-0.2, -0.15) is 5.10 Å². The van der Waals surface area contributed by atoms with E-state index in [-0.39, 0.29) is 12.1 Å². The van der Waals surface area contributed by atoms with E-state index in [0.717, 1.165) is 18.5 Å². The molecule has 84 valence electrons. The van der Waals surface area contributed by atoms with E-state index >= 15 is 0 Å². The van der Waals surface area contributed by atoms with Crippen molar-refractivity contribution in [3.8, 4) is 0 Å². The van der Waals surface area contributed by atoms with Gasteiger partial charge < -0.3 is 10.4 Å². The summed E-state index contributed by atoms with van der Waals surface area (Å²) in [6.07, 6.45) is 6.13. The quantitative estimate of drug-likeness (QED) is 0.741. The third-order valence-electron chi connectivity index (χ3n) is 2.35. The summed E-state index contributed by atoms with van der Waals surface area (Å²) in [4.78, 5) is 0. The Labute approximate surface area is 90.6 Å². The second-order valence-corrected chi connectivity index (χ2v) is 4.22. The maximum Gasteiger partial charge on any atom is 0.0538 e. The lowest BCUT2D eigenvalue weighted by molar-refractivity contribution is 0.230. The van der Waals surface area contributed by atoms with Gasteiger partial charge in [0.25, 0.3) is 0 Å². The Morgan fingerprint density at radius 3 is 2.93 bits per heavy atom. The summed E-state index contributed by atoms with van der Waals surface area (Å²) in [6, 6.07) is 0. The van der Waals surface area contributed by atoms with Crippen molar-refractivity contribution in [1.29, 1.82) is 0 Å². The fourth-order valence-corrected chi connectivity index (χ4v) is 1.28. The summed E-state index contributed by atoms with van der Waals surface area (Å²) in [7, 11) is 0. The van der Waals surface area contributed by atoms with Crippen molar-refractivity contribution in [3.63, 3.8) is 0 Å². The van der Waals surface area contributed by atoms with Crippen molar-refractivity contribution in [2.45, 2.75) is 32.4 Å². The molecule has 1 rings (SSSR count). The molecule has 1 heterocycles. The number of rotatable bonds is 6. The second-order valence-electron chi connectivity index (χ2n) is 4.22. The van der Waals surface area contributed by atoms with Gasteiger partial charge in [-0.1, -0.05) is 6.58 Å². The van der Waals surface area contributed by atoms with Crippen LogP contribution >= 0.6 is 0 Å². The second kappa shape index (κ2) is 5.09. The topological polar surface area (TPSA) is 50.1 Å². The van der Waals surface area contributed by atoms with Crippen LogP contribution in [0.15, 0.2) is 19.0 Å². The first kappa shape index (κ1) is 11.9. The summed E-state index contributed by atoms with van der Waals surface area (Å²) >= 11 is 0. The predicted octanol–water partition coefficient (Wildman–Crippen LogP) is 1.23. The smallest absolute Gasteiger partial charge is 0.0538 e. The van der Waals surface area contributed by atoms with E-state index in [4.69, 9.17) is 5.11 Å². The van der Waals surface area contributed by atoms with Gasteiger partial charge in [-0.05, 0) is 20.3 Å². The minimum absolute atomic E-state index is 0.0506. The van der Waals surface area contributed by atoms with Crippen molar-refractivity contribution in [2.24, 2.45) is 0 Å². The maximum absolute atomic E-state index is 8.87. The molecule has 0 saturated heterocycles. The van der Waals surface area contributed by atoms with Gasteiger partial charge in [0.1, 0.15) is 0 Å². The number of aliphatic hydroxyl groups is 1. The van der Waals surface area contributed by atoms with Crippen LogP contribution in [0.3, 0.4) is 0 Å². The van der Waals surface area contributed by atoms with E-state index in [1.54, 1.807) is 10.9 Å². The average Bonchev–Trinajstić information content (AvgIpc) is 2.62. The van der Waals surface area contributed by atoms with Crippen molar-refractivity contribution >= 4 is 6.20 Å². The Morgan fingerprint density at radius 1 is 1.67 bits per heavy atom. The van der Waals surface area contributed by atoms with Crippen LogP contribution in [0.1, 0.15) is 25.8 Å². The monoisotopic (exact) mass is 209 g/mol. The Balaban J connectivity index is 2.45. The van der Waals surface area contributed by atoms with E-state index in [1.807, 2.05) is 12.4 Å². The molecule has 0 amide bonds. The molecule has 1 aromatic heterocycles. The highest BCUT2D eigenvalue weighted by molar-refractivity contribution is 5.17. The van der Waals surface area contributed by atoms with Crippen molar-refractivity contribution < 1.29 is 5.11 Å². The summed E-state index contributed by atoms with van der Waals surface area (Å²) in [5.41, 5.74) is 1.06. The number of nitrogens with zero attached hydrogens (tertiary/aromatic N) is 2. The fourth-order valence-electron chi connectivity index (χ4n) is 1.28. The first-order valence-electron chi connectivity index (χ1n) is 5.09. The van der Waals surface area contributed by atoms with Gasteiger partial charge in [-0.3, -0.25) is 0 Å². The zero-order valence-electron chi connectivity index (χ0n) is 9.40. The first-order valence-corrected chi connectivity index (χ1v) is 5.09. The Kier molecular flexibility index (Phi) is 4.05. The normalized spacial score (nSPS) is 11.7. The van der Waals surface area contributed by atoms with E-state index in [1.165, 1.54) is 0 Å². The molecule has 0 aliphatic carbocycles. The van der Waals surface area contributed by atoms with Crippen LogP contribution < -0.4 is 5.32 Å². The van der Waals surface area contributed by atoms with Gasteiger partial charge in [0, 0.05) is 36.7 Å². The van der Waals surface area contributed by atoms with Crippen LogP contribution in [-0.4, -0.2) is 27.0 Å². The molecule has 1 aromatic rings. The molecule has 0 aliphatic rings. The Bertz CT molecular complexity index is 317. The highest BCUT2D eigenvalue weighted by Crippen LogP contribution is 2.09. The van der Waals surface area contributed by atoms with Gasteiger partial charge in [-0.25, -0.2) is 4.68 Å². The largest absolute Gasteiger partial charge is 0.396 e. The first-order chi connectivity index (χ1) is 7.07. The predicted molar refractivity (Wildman–Crippen MR) is 61.2 cm³/mol. The molecule has 0 aromatic carbocycles. The molecular weight excluding hydrogens is 190 g/mol. The van der Waals surface area contributed by atoms with Crippen molar-refractivity contribution in [1.82, 2.24) is 15.1 Å². The van der Waals surface area contributed by atoms with Crippen LogP contribution in [0, 0.1) is 0 Å². The van der Waals surface area contributed by atoms with Crippen LogP contribution in [0.2, 0.25) is 0 Å². The van der Waals surface area contributed by atoms with Crippen LogP contribution in [0.5, 0.6) is 0 Å². The van der Waals surface area contributed by atoms with Gasteiger partial charge in [0.2, 0.25) is 0 Å². The summed E-state index contributed by atoms with van der Waals surface area (Å²) in [6.45, 7) is 8.72. The van der Waals surface area contributed by atoms with Gasteiger partial charge in [0.05, 0.1) is 6.20 Å². The van der Waals surface area contributed by atoms with Crippen molar-refractivity contribution in [2.75, 3.05) is 6.61 Å². The molecule has 0 radical (unpaired) electrons. The minimum Gasteiger partial charge on any atom is -0.396 e. The molecule has 2 N–H and O–H groups in total. The number of aliphatic hydroxyl groups excluding tert-OH is 1. The van der Waals surface area contributed by atoms with Gasteiger partial charge >= 0.3 is 0 Å². The summed E-state index contributed by atoms with van der Waals surface area (Å²) < 4.78 is 1.68. The van der Waals surface area contributed by atoms with Gasteiger partial charge in [-0.15, -0.1) is 0 Å². The van der Waals surface area contributed by atoms with E-state index in [2.05, 4.69) is 30.8 Å². The molecular formula is C11H19N3O. The number of hydrogen-bond donors (Lipinski definition) is 2. The van der Waals surface area contributed by atoms with Crippen LogP contribution in [0.25, 0.3) is 6.20 Å². The third-order valence-corrected chi connectivity index (χ3v) is 2.35. The summed E-state index contributed by atoms with van der Waals surface area (Å²) in [5, 5.41) is 16.3. The number of aromatic nitrogens is 2. The molecule has 0 saturated carbocycles. The highest BCUT2D eigenvalue weighted by Gasteiger charge is 2.15. The lowest BCUT2D eigenvalue weighted by Crippen LogP contribution is -2.39. The molecule has 0 atom stereocenters. The third kappa shape index (κ3) is 3.85. The van der Waals surface area contributed by atoms with Gasteiger partial charge in [0.15, 0.2) is 0 Å². The average molecular weight is 209 g/mol. The molecule has 0 aliphatic heterocycles. The van der Waals surface area contributed by atoms with Crippen molar-refractivity contribution in [3.05, 3.63) is 24.5 Å². The number of hydrogen-bond acceptors (Lipinski definition) is 3. The molecule has 4 nitrogen and oxygen atoms in total. The van der Waals surface area contributed by atoms with E-state index in [9.17, 15) is 0 Å². The molecule has 0 spiro atoms. The lowest BCUT2D eigenvalue weighted by Gasteiger charge is -2.25. The Morgan fingerprint density at radius 2 is 2.40 bits per heavy atom. The molecule has 4 heteroatoms. The Hall–Kier alpha value is -1.13. The molecule has 0 fully saturated rings. The fraction of sp³-hybridized carbons (Fsp3) is 0.545. The summed E-state index contributed by atoms with van der Waals surface area (Å²) in [5.74, 6) is 0. The van der Waals surface area contributed by atoms with E-state index < -0.39 is 0 Å². The molecule has 15 heavy (non-hydrogen) atoms. The zero-order valence-corrected chi connectivity index (χ0v) is 9.40. The van der Waals surface area contributed by atoms with Crippen LogP contribution in [-0.2, 0) is 6.54 Å². The minimum atomic E-state index is -0.0506. The van der Waals surface area contributed by atoms with E-state index in [0.29, 0.717) is 0 Å². The SMILES string of the molecule is C=Cn1cc(CNC(C)(C)CCO)cn1. The standard InChI is InChI=1S/C11H19N3O/c1-4-14-9-10(8-13-14)7-12-11(2,3)5-6-15/h4,8-9,12,15H,1,5-7H2,2-3H3. The maximum atomic E-state index is 8.87. The van der Waals surface area contributed by atoms with Crippen LogP contribution in [0.4, 0.5) is 0 Å². The number of nitrogens with one attached hydrogen (secondary N) is 1. The lowest BCUT2D eigenvalue weighted by atomic mass is 10.0. The zero-order chi connectivity index (χ0) is 11.3.